The SMILES string of the molecule is CCCCCCCCCCCCCCCCCC(O)C(CO)NC(=O)CC(CCCCCCCCCCCCC)OC(=O)CCCCCCCCCCCCCCC. The molecule has 0 aromatic rings. The van der Waals surface area contributed by atoms with Crippen molar-refractivity contribution in [3.8, 4) is 0 Å². The summed E-state index contributed by atoms with van der Waals surface area (Å²) >= 11 is 0. The monoisotopic (exact) mass is 822 g/mol. The molecule has 3 unspecified atom stereocenters. The summed E-state index contributed by atoms with van der Waals surface area (Å²) in [7, 11) is 0. The van der Waals surface area contributed by atoms with Gasteiger partial charge in [-0.3, -0.25) is 9.59 Å². The first-order chi connectivity index (χ1) is 28.5. The minimum absolute atomic E-state index is 0.0876. The van der Waals surface area contributed by atoms with E-state index in [1.807, 2.05) is 0 Å². The zero-order valence-corrected chi connectivity index (χ0v) is 39.5. The molecule has 58 heavy (non-hydrogen) atoms. The lowest BCUT2D eigenvalue weighted by molar-refractivity contribution is -0.151. The van der Waals surface area contributed by atoms with Crippen LogP contribution >= 0.6 is 0 Å². The fraction of sp³-hybridized carbons (Fsp3) is 0.962. The molecule has 3 N–H and O–H groups in total. The Kier molecular flexibility index (Phi) is 46.0. The van der Waals surface area contributed by atoms with Gasteiger partial charge in [-0.25, -0.2) is 0 Å². The quantitative estimate of drug-likeness (QED) is 0.0420. The summed E-state index contributed by atoms with van der Waals surface area (Å²) in [6.45, 7) is 6.51. The summed E-state index contributed by atoms with van der Waals surface area (Å²) in [5, 5.41) is 23.8. The predicted molar refractivity (Wildman–Crippen MR) is 250 cm³/mol. The van der Waals surface area contributed by atoms with E-state index in [-0.39, 0.29) is 24.9 Å². The lowest BCUT2D eigenvalue weighted by atomic mass is 10.0. The number of aliphatic hydroxyl groups is 2. The highest BCUT2D eigenvalue weighted by atomic mass is 16.5. The second-order valence-corrected chi connectivity index (χ2v) is 18.3. The molecule has 0 aliphatic rings. The van der Waals surface area contributed by atoms with E-state index < -0.39 is 18.2 Å². The fourth-order valence-corrected chi connectivity index (χ4v) is 8.43. The van der Waals surface area contributed by atoms with Crippen molar-refractivity contribution in [1.82, 2.24) is 5.32 Å². The van der Waals surface area contributed by atoms with Crippen molar-refractivity contribution in [3.63, 3.8) is 0 Å². The zero-order chi connectivity index (χ0) is 42.4. The highest BCUT2D eigenvalue weighted by Crippen LogP contribution is 2.19. The van der Waals surface area contributed by atoms with Crippen molar-refractivity contribution in [1.29, 1.82) is 0 Å². The minimum atomic E-state index is -0.779. The van der Waals surface area contributed by atoms with Gasteiger partial charge in [0.15, 0.2) is 0 Å². The number of hydrogen-bond acceptors (Lipinski definition) is 5. The normalized spacial score (nSPS) is 13.1. The molecule has 3 atom stereocenters. The Bertz CT molecular complexity index is 837. The Balaban J connectivity index is 4.45. The van der Waals surface area contributed by atoms with Crippen molar-refractivity contribution in [3.05, 3.63) is 0 Å². The van der Waals surface area contributed by atoms with E-state index in [2.05, 4.69) is 26.1 Å². The van der Waals surface area contributed by atoms with Crippen LogP contribution in [0.4, 0.5) is 0 Å². The topological polar surface area (TPSA) is 95.9 Å². The lowest BCUT2D eigenvalue weighted by Gasteiger charge is -2.24. The predicted octanol–water partition coefficient (Wildman–Crippen LogP) is 15.6. The number of carbonyl (C=O) groups excluding carboxylic acids is 2. The Labute approximate surface area is 362 Å². The number of hydrogen-bond donors (Lipinski definition) is 3. The average molecular weight is 822 g/mol. The molecule has 1 amide bonds. The Morgan fingerprint density at radius 1 is 0.431 bits per heavy atom. The summed E-state index contributed by atoms with van der Waals surface area (Å²) in [5.41, 5.74) is 0. The van der Waals surface area contributed by atoms with Gasteiger partial charge in [-0.05, 0) is 25.7 Å². The van der Waals surface area contributed by atoms with Crippen LogP contribution in [0.2, 0.25) is 0 Å². The van der Waals surface area contributed by atoms with Crippen LogP contribution in [0.25, 0.3) is 0 Å². The van der Waals surface area contributed by atoms with Crippen LogP contribution in [0.1, 0.15) is 297 Å². The van der Waals surface area contributed by atoms with Gasteiger partial charge in [0.25, 0.3) is 0 Å². The maximum absolute atomic E-state index is 13.2. The number of ether oxygens (including phenoxy) is 1. The molecule has 0 radical (unpaired) electrons. The molecule has 0 spiro atoms. The molecule has 0 heterocycles. The molecule has 0 aliphatic heterocycles. The standard InChI is InChI=1S/C52H103NO5/c1-4-7-10-13-16-19-22-24-25-27-29-32-35-38-41-44-50(55)49(47-54)53-51(56)46-48(43-40-37-34-31-28-21-18-15-12-9-6-3)58-52(57)45-42-39-36-33-30-26-23-20-17-14-11-8-5-2/h48-50,54-55H,4-47H2,1-3H3,(H,53,56). The fourth-order valence-electron chi connectivity index (χ4n) is 8.43. The Morgan fingerprint density at radius 3 is 1.05 bits per heavy atom. The van der Waals surface area contributed by atoms with E-state index in [4.69, 9.17) is 4.74 Å². The molecule has 346 valence electrons. The maximum Gasteiger partial charge on any atom is 0.306 e. The second kappa shape index (κ2) is 46.9. The van der Waals surface area contributed by atoms with Gasteiger partial charge < -0.3 is 20.3 Å². The molecule has 6 heteroatoms. The molecule has 0 bridgehead atoms. The van der Waals surface area contributed by atoms with Gasteiger partial charge in [0, 0.05) is 6.42 Å². The number of nitrogens with one attached hydrogen (secondary N) is 1. The van der Waals surface area contributed by atoms with Gasteiger partial charge in [0.1, 0.15) is 6.10 Å². The van der Waals surface area contributed by atoms with E-state index in [9.17, 15) is 19.8 Å². The first-order valence-corrected chi connectivity index (χ1v) is 26.3. The van der Waals surface area contributed by atoms with Crippen molar-refractivity contribution >= 4 is 11.9 Å². The Morgan fingerprint density at radius 2 is 0.724 bits per heavy atom. The van der Waals surface area contributed by atoms with E-state index in [1.165, 1.54) is 212 Å². The molecular weight excluding hydrogens is 719 g/mol. The number of amides is 1. The van der Waals surface area contributed by atoms with E-state index in [0.29, 0.717) is 19.3 Å². The summed E-state index contributed by atoms with van der Waals surface area (Å²) in [4.78, 5) is 26.1. The molecule has 0 fully saturated rings. The summed E-state index contributed by atoms with van der Waals surface area (Å²) in [6, 6.07) is -0.691. The van der Waals surface area contributed by atoms with Crippen LogP contribution in [-0.2, 0) is 14.3 Å². The van der Waals surface area contributed by atoms with Crippen molar-refractivity contribution < 1.29 is 24.5 Å². The third kappa shape index (κ3) is 41.6. The van der Waals surface area contributed by atoms with Crippen LogP contribution in [0.15, 0.2) is 0 Å². The number of esters is 1. The highest BCUT2D eigenvalue weighted by molar-refractivity contribution is 5.77. The zero-order valence-electron chi connectivity index (χ0n) is 39.5. The third-order valence-corrected chi connectivity index (χ3v) is 12.4. The summed E-state index contributed by atoms with van der Waals surface area (Å²) < 4.78 is 5.93. The van der Waals surface area contributed by atoms with E-state index >= 15 is 0 Å². The van der Waals surface area contributed by atoms with Gasteiger partial charge in [0.2, 0.25) is 5.91 Å². The van der Waals surface area contributed by atoms with E-state index in [0.717, 1.165) is 38.5 Å². The third-order valence-electron chi connectivity index (χ3n) is 12.4. The first kappa shape index (κ1) is 56.9. The van der Waals surface area contributed by atoms with Gasteiger partial charge in [-0.1, -0.05) is 258 Å². The second-order valence-electron chi connectivity index (χ2n) is 18.3. The van der Waals surface area contributed by atoms with Crippen LogP contribution < -0.4 is 5.32 Å². The lowest BCUT2D eigenvalue weighted by Crippen LogP contribution is -2.46. The minimum Gasteiger partial charge on any atom is -0.462 e. The average Bonchev–Trinajstić information content (AvgIpc) is 3.22. The van der Waals surface area contributed by atoms with Crippen molar-refractivity contribution in [2.24, 2.45) is 0 Å². The molecule has 0 aliphatic carbocycles. The van der Waals surface area contributed by atoms with Gasteiger partial charge in [-0.2, -0.15) is 0 Å². The van der Waals surface area contributed by atoms with Gasteiger partial charge in [-0.15, -0.1) is 0 Å². The molecule has 0 saturated carbocycles. The number of aliphatic hydroxyl groups excluding tert-OH is 2. The van der Waals surface area contributed by atoms with Crippen molar-refractivity contribution in [2.45, 2.75) is 315 Å². The molecule has 0 rings (SSSR count). The number of unbranched alkanes of at least 4 members (excludes halogenated alkanes) is 36. The van der Waals surface area contributed by atoms with Crippen LogP contribution in [0, 0.1) is 0 Å². The van der Waals surface area contributed by atoms with E-state index in [1.54, 1.807) is 0 Å². The molecular formula is C52H103NO5. The first-order valence-electron chi connectivity index (χ1n) is 26.3. The van der Waals surface area contributed by atoms with Crippen LogP contribution in [0.3, 0.4) is 0 Å². The summed E-state index contributed by atoms with van der Waals surface area (Å²) in [6.07, 6.45) is 50.2. The van der Waals surface area contributed by atoms with Crippen molar-refractivity contribution in [2.75, 3.05) is 6.61 Å². The maximum atomic E-state index is 13.2. The number of rotatable bonds is 48. The van der Waals surface area contributed by atoms with Gasteiger partial charge in [0.05, 0.1) is 25.2 Å². The molecule has 6 nitrogen and oxygen atoms in total. The largest absolute Gasteiger partial charge is 0.462 e. The molecule has 0 saturated heterocycles. The summed E-state index contributed by atoms with van der Waals surface area (Å²) in [5.74, 6) is -0.452. The number of carbonyl (C=O) groups is 2. The van der Waals surface area contributed by atoms with Crippen LogP contribution in [0.5, 0.6) is 0 Å². The Hall–Kier alpha value is -1.14. The molecule has 0 aromatic heterocycles. The smallest absolute Gasteiger partial charge is 0.306 e. The molecule has 0 aromatic carbocycles. The van der Waals surface area contributed by atoms with Crippen LogP contribution in [-0.4, -0.2) is 46.9 Å². The highest BCUT2D eigenvalue weighted by Gasteiger charge is 2.24. The van der Waals surface area contributed by atoms with Gasteiger partial charge >= 0.3 is 5.97 Å².